The van der Waals surface area contributed by atoms with Crippen molar-refractivity contribution in [2.75, 3.05) is 0 Å². The SMILES string of the molecule is C=Cc1sccc1CCC. The molecule has 0 aromatic carbocycles. The van der Waals surface area contributed by atoms with E-state index >= 15 is 0 Å². The van der Waals surface area contributed by atoms with E-state index in [1.165, 1.54) is 23.3 Å². The third kappa shape index (κ3) is 1.48. The second-order valence-electron chi connectivity index (χ2n) is 2.26. The minimum atomic E-state index is 1.19. The van der Waals surface area contributed by atoms with Gasteiger partial charge in [0, 0.05) is 4.88 Å². The molecule has 1 heteroatoms. The maximum Gasteiger partial charge on any atom is 0.0296 e. The normalized spacial score (nSPS) is 9.70. The summed E-state index contributed by atoms with van der Waals surface area (Å²) in [4.78, 5) is 1.34. The van der Waals surface area contributed by atoms with E-state index in [0.29, 0.717) is 0 Å². The first-order chi connectivity index (χ1) is 4.88. The molecule has 0 aliphatic rings. The molecule has 0 saturated heterocycles. The van der Waals surface area contributed by atoms with Crippen LogP contribution in [0.2, 0.25) is 0 Å². The number of hydrogen-bond donors (Lipinski definition) is 0. The van der Waals surface area contributed by atoms with Crippen LogP contribution in [0.25, 0.3) is 6.08 Å². The second-order valence-corrected chi connectivity index (χ2v) is 3.21. The maximum absolute atomic E-state index is 3.76. The smallest absolute Gasteiger partial charge is 0.0296 e. The van der Waals surface area contributed by atoms with Crippen molar-refractivity contribution in [1.29, 1.82) is 0 Å². The van der Waals surface area contributed by atoms with Crippen molar-refractivity contribution in [1.82, 2.24) is 0 Å². The number of thiophene rings is 1. The third-order valence-electron chi connectivity index (χ3n) is 1.49. The average Bonchev–Trinajstić information content (AvgIpc) is 2.36. The van der Waals surface area contributed by atoms with Gasteiger partial charge < -0.3 is 0 Å². The summed E-state index contributed by atoms with van der Waals surface area (Å²) in [5.74, 6) is 0. The summed E-state index contributed by atoms with van der Waals surface area (Å²) in [5, 5.41) is 2.13. The summed E-state index contributed by atoms with van der Waals surface area (Å²) in [6, 6.07) is 2.19. The van der Waals surface area contributed by atoms with Gasteiger partial charge in [0.15, 0.2) is 0 Å². The lowest BCUT2D eigenvalue weighted by Crippen LogP contribution is -1.79. The molecule has 54 valence electrons. The molecule has 0 fully saturated rings. The largest absolute Gasteiger partial charge is 0.144 e. The van der Waals surface area contributed by atoms with Gasteiger partial charge in [-0.05, 0) is 23.4 Å². The van der Waals surface area contributed by atoms with E-state index in [-0.39, 0.29) is 0 Å². The molecule has 0 unspecified atom stereocenters. The van der Waals surface area contributed by atoms with Gasteiger partial charge >= 0.3 is 0 Å². The van der Waals surface area contributed by atoms with Gasteiger partial charge in [-0.1, -0.05) is 26.0 Å². The zero-order chi connectivity index (χ0) is 7.40. The minimum absolute atomic E-state index is 1.19. The van der Waals surface area contributed by atoms with Crippen LogP contribution in [0.15, 0.2) is 18.0 Å². The highest BCUT2D eigenvalue weighted by Crippen LogP contribution is 2.18. The molecule has 1 heterocycles. The zero-order valence-electron chi connectivity index (χ0n) is 6.26. The monoisotopic (exact) mass is 152 g/mol. The van der Waals surface area contributed by atoms with E-state index < -0.39 is 0 Å². The number of hydrogen-bond acceptors (Lipinski definition) is 1. The molecule has 0 spiro atoms. The Morgan fingerprint density at radius 2 is 2.50 bits per heavy atom. The predicted octanol–water partition coefficient (Wildman–Crippen LogP) is 3.34. The van der Waals surface area contributed by atoms with E-state index in [1.54, 1.807) is 11.3 Å². The van der Waals surface area contributed by atoms with Gasteiger partial charge in [-0.3, -0.25) is 0 Å². The highest BCUT2D eigenvalue weighted by molar-refractivity contribution is 7.11. The molecule has 0 nitrogen and oxygen atoms in total. The van der Waals surface area contributed by atoms with Crippen LogP contribution in [0.3, 0.4) is 0 Å². The average molecular weight is 152 g/mol. The van der Waals surface area contributed by atoms with Crippen molar-refractivity contribution >= 4 is 17.4 Å². The van der Waals surface area contributed by atoms with Crippen LogP contribution in [0.4, 0.5) is 0 Å². The summed E-state index contributed by atoms with van der Waals surface area (Å²) in [5.41, 5.74) is 1.45. The highest BCUT2D eigenvalue weighted by atomic mass is 32.1. The Labute approximate surface area is 66.2 Å². The van der Waals surface area contributed by atoms with Crippen LogP contribution in [0, 0.1) is 0 Å². The molecule has 0 amide bonds. The van der Waals surface area contributed by atoms with Gasteiger partial charge in [0.05, 0.1) is 0 Å². The van der Waals surface area contributed by atoms with E-state index in [1.807, 2.05) is 6.08 Å². The van der Waals surface area contributed by atoms with Crippen LogP contribution in [0.5, 0.6) is 0 Å². The lowest BCUT2D eigenvalue weighted by Gasteiger charge is -1.93. The Kier molecular flexibility index (Phi) is 2.69. The molecule has 1 aromatic heterocycles. The fourth-order valence-electron chi connectivity index (χ4n) is 1.00. The molecule has 1 aromatic rings. The lowest BCUT2D eigenvalue weighted by molar-refractivity contribution is 0.925. The van der Waals surface area contributed by atoms with Crippen LogP contribution in [0.1, 0.15) is 23.8 Å². The molecular weight excluding hydrogens is 140 g/mol. The van der Waals surface area contributed by atoms with Crippen LogP contribution >= 0.6 is 11.3 Å². The zero-order valence-corrected chi connectivity index (χ0v) is 7.08. The standard InChI is InChI=1S/C9H12S/c1-3-5-8-6-7-10-9(8)4-2/h4,6-7H,2-3,5H2,1H3. The molecule has 0 saturated carbocycles. The summed E-state index contributed by atoms with van der Waals surface area (Å²) in [6.07, 6.45) is 4.35. The van der Waals surface area contributed by atoms with Gasteiger partial charge in [-0.25, -0.2) is 0 Å². The van der Waals surface area contributed by atoms with Gasteiger partial charge in [-0.15, -0.1) is 11.3 Å². The molecule has 0 radical (unpaired) electrons. The quantitative estimate of drug-likeness (QED) is 0.623. The van der Waals surface area contributed by atoms with Crippen LogP contribution < -0.4 is 0 Å². The molecule has 0 aliphatic carbocycles. The number of aryl methyl sites for hydroxylation is 1. The fourth-order valence-corrected chi connectivity index (χ4v) is 1.80. The fraction of sp³-hybridized carbons (Fsp3) is 0.333. The molecular formula is C9H12S. The Morgan fingerprint density at radius 3 is 3.10 bits per heavy atom. The van der Waals surface area contributed by atoms with E-state index in [9.17, 15) is 0 Å². The van der Waals surface area contributed by atoms with Crippen molar-refractivity contribution < 1.29 is 0 Å². The van der Waals surface area contributed by atoms with Gasteiger partial charge in [0.2, 0.25) is 0 Å². The van der Waals surface area contributed by atoms with Crippen molar-refractivity contribution in [2.45, 2.75) is 19.8 Å². The van der Waals surface area contributed by atoms with E-state index in [2.05, 4.69) is 24.9 Å². The van der Waals surface area contributed by atoms with Gasteiger partial charge in [0.1, 0.15) is 0 Å². The second kappa shape index (κ2) is 3.57. The predicted molar refractivity (Wildman–Crippen MR) is 48.4 cm³/mol. The first kappa shape index (κ1) is 7.55. The summed E-state index contributed by atoms with van der Waals surface area (Å²) in [7, 11) is 0. The Hall–Kier alpha value is -0.560. The topological polar surface area (TPSA) is 0 Å². The molecule has 10 heavy (non-hydrogen) atoms. The summed E-state index contributed by atoms with van der Waals surface area (Å²) < 4.78 is 0. The van der Waals surface area contributed by atoms with Gasteiger partial charge in [0.25, 0.3) is 0 Å². The minimum Gasteiger partial charge on any atom is -0.144 e. The highest BCUT2D eigenvalue weighted by Gasteiger charge is 1.97. The van der Waals surface area contributed by atoms with Crippen molar-refractivity contribution in [2.24, 2.45) is 0 Å². The molecule has 1 rings (SSSR count). The molecule has 0 bridgehead atoms. The van der Waals surface area contributed by atoms with Crippen molar-refractivity contribution in [3.05, 3.63) is 28.5 Å². The first-order valence-corrected chi connectivity index (χ1v) is 4.45. The first-order valence-electron chi connectivity index (χ1n) is 3.57. The molecule has 0 N–H and O–H groups in total. The van der Waals surface area contributed by atoms with Crippen molar-refractivity contribution in [3.63, 3.8) is 0 Å². The van der Waals surface area contributed by atoms with E-state index in [4.69, 9.17) is 0 Å². The molecule has 0 atom stereocenters. The summed E-state index contributed by atoms with van der Waals surface area (Å²) in [6.45, 7) is 5.96. The summed E-state index contributed by atoms with van der Waals surface area (Å²) >= 11 is 1.77. The van der Waals surface area contributed by atoms with E-state index in [0.717, 1.165) is 0 Å². The molecule has 0 aliphatic heterocycles. The number of rotatable bonds is 3. The maximum atomic E-state index is 3.76. The Bertz CT molecular complexity index is 210. The third-order valence-corrected chi connectivity index (χ3v) is 2.44. The lowest BCUT2D eigenvalue weighted by atomic mass is 10.1. The van der Waals surface area contributed by atoms with Crippen LogP contribution in [-0.4, -0.2) is 0 Å². The van der Waals surface area contributed by atoms with Crippen LogP contribution in [-0.2, 0) is 6.42 Å². The van der Waals surface area contributed by atoms with Gasteiger partial charge in [-0.2, -0.15) is 0 Å². The Morgan fingerprint density at radius 1 is 1.70 bits per heavy atom. The van der Waals surface area contributed by atoms with Crippen molar-refractivity contribution in [3.8, 4) is 0 Å². The Balaban J connectivity index is 2.79.